The average Bonchev–Trinajstić information content (AvgIpc) is 3.47. The second-order valence-electron chi connectivity index (χ2n) is 6.83. The number of ether oxygens (including phenoxy) is 1. The highest BCUT2D eigenvalue weighted by molar-refractivity contribution is 7.92. The van der Waals surface area contributed by atoms with Crippen molar-refractivity contribution in [1.82, 2.24) is 5.32 Å². The molecular formula is C20H22N2O5S. The summed E-state index contributed by atoms with van der Waals surface area (Å²) < 4.78 is 32.6. The van der Waals surface area contributed by atoms with E-state index >= 15 is 0 Å². The van der Waals surface area contributed by atoms with E-state index < -0.39 is 22.1 Å². The third-order valence-corrected chi connectivity index (χ3v) is 5.68. The lowest BCUT2D eigenvalue weighted by Gasteiger charge is -2.13. The van der Waals surface area contributed by atoms with Crippen LogP contribution in [0.25, 0.3) is 0 Å². The molecule has 0 aromatic heterocycles. The topological polar surface area (TPSA) is 102 Å². The summed E-state index contributed by atoms with van der Waals surface area (Å²) in [5.74, 6) is -1.02. The lowest BCUT2D eigenvalue weighted by Crippen LogP contribution is -2.37. The van der Waals surface area contributed by atoms with Gasteiger partial charge in [0.05, 0.1) is 10.5 Å². The predicted octanol–water partition coefficient (Wildman–Crippen LogP) is 2.62. The molecule has 1 atom stereocenters. The molecule has 7 nitrogen and oxygen atoms in total. The minimum atomic E-state index is -3.78. The van der Waals surface area contributed by atoms with Gasteiger partial charge in [-0.15, -0.1) is 0 Å². The Morgan fingerprint density at radius 3 is 2.21 bits per heavy atom. The highest BCUT2D eigenvalue weighted by Gasteiger charge is 2.27. The van der Waals surface area contributed by atoms with E-state index in [1.165, 1.54) is 31.2 Å². The summed E-state index contributed by atoms with van der Waals surface area (Å²) in [7, 11) is -3.78. The molecule has 0 heterocycles. The van der Waals surface area contributed by atoms with Gasteiger partial charge in [0.2, 0.25) is 0 Å². The Morgan fingerprint density at radius 2 is 1.64 bits per heavy atom. The van der Waals surface area contributed by atoms with Crippen molar-refractivity contribution in [2.75, 3.05) is 4.72 Å². The molecule has 3 rings (SSSR count). The van der Waals surface area contributed by atoms with E-state index in [0.717, 1.165) is 18.4 Å². The first-order valence-corrected chi connectivity index (χ1v) is 10.4. The van der Waals surface area contributed by atoms with Crippen LogP contribution >= 0.6 is 0 Å². The van der Waals surface area contributed by atoms with Crippen molar-refractivity contribution in [1.29, 1.82) is 0 Å². The van der Waals surface area contributed by atoms with E-state index in [0.29, 0.717) is 5.69 Å². The maximum atomic E-state index is 12.5. The van der Waals surface area contributed by atoms with Crippen LogP contribution in [0, 0.1) is 6.92 Å². The zero-order valence-corrected chi connectivity index (χ0v) is 16.5. The molecule has 0 spiro atoms. The molecule has 8 heteroatoms. The van der Waals surface area contributed by atoms with Crippen LogP contribution in [0.1, 0.15) is 35.7 Å². The molecule has 0 saturated heterocycles. The van der Waals surface area contributed by atoms with Crippen LogP contribution in [0.2, 0.25) is 0 Å². The van der Waals surface area contributed by atoms with Crippen molar-refractivity contribution in [3.8, 4) is 0 Å². The van der Waals surface area contributed by atoms with Gasteiger partial charge in [-0.2, -0.15) is 0 Å². The van der Waals surface area contributed by atoms with Crippen LogP contribution in [0.15, 0.2) is 53.4 Å². The molecule has 0 unspecified atom stereocenters. The molecule has 0 aliphatic heterocycles. The van der Waals surface area contributed by atoms with Crippen molar-refractivity contribution < 1.29 is 22.7 Å². The average molecular weight is 402 g/mol. The van der Waals surface area contributed by atoms with Crippen LogP contribution < -0.4 is 10.0 Å². The van der Waals surface area contributed by atoms with Gasteiger partial charge < -0.3 is 10.1 Å². The van der Waals surface area contributed by atoms with Gasteiger partial charge >= 0.3 is 5.97 Å². The fourth-order valence-electron chi connectivity index (χ4n) is 2.43. The molecule has 1 fully saturated rings. The molecule has 0 bridgehead atoms. The Labute approximate surface area is 164 Å². The molecule has 2 aromatic rings. The number of sulfonamides is 1. The van der Waals surface area contributed by atoms with Gasteiger partial charge in [0, 0.05) is 11.7 Å². The SMILES string of the molecule is Cc1ccc(NS(=O)(=O)c2ccc(C(=O)O[C@H](C)C(=O)NC3CC3)cc2)cc1. The maximum Gasteiger partial charge on any atom is 0.338 e. The number of esters is 1. The van der Waals surface area contributed by atoms with E-state index in [4.69, 9.17) is 4.74 Å². The fourth-order valence-corrected chi connectivity index (χ4v) is 3.49. The van der Waals surface area contributed by atoms with Crippen LogP contribution in [-0.4, -0.2) is 32.4 Å². The second kappa shape index (κ2) is 8.02. The number of nitrogens with one attached hydrogen (secondary N) is 2. The quantitative estimate of drug-likeness (QED) is 0.693. The van der Waals surface area contributed by atoms with Gasteiger partial charge in [-0.1, -0.05) is 17.7 Å². The first-order valence-electron chi connectivity index (χ1n) is 8.95. The molecular weight excluding hydrogens is 380 g/mol. The van der Waals surface area contributed by atoms with Crippen LogP contribution in [0.4, 0.5) is 5.69 Å². The number of rotatable bonds is 7. The van der Waals surface area contributed by atoms with E-state index in [9.17, 15) is 18.0 Å². The number of aryl methyl sites for hydroxylation is 1. The summed E-state index contributed by atoms with van der Waals surface area (Å²) in [4.78, 5) is 24.1. The van der Waals surface area contributed by atoms with Gasteiger partial charge in [0.1, 0.15) is 0 Å². The summed E-state index contributed by atoms with van der Waals surface area (Å²) in [6, 6.07) is 12.5. The third kappa shape index (κ3) is 5.10. The van der Waals surface area contributed by atoms with Crippen molar-refractivity contribution >= 4 is 27.6 Å². The normalized spacial score (nSPS) is 14.8. The predicted molar refractivity (Wildman–Crippen MR) is 104 cm³/mol. The van der Waals surface area contributed by atoms with E-state index in [1.807, 2.05) is 6.92 Å². The lowest BCUT2D eigenvalue weighted by molar-refractivity contribution is -0.129. The molecule has 1 aliphatic rings. The number of hydrogen-bond acceptors (Lipinski definition) is 5. The lowest BCUT2D eigenvalue weighted by atomic mass is 10.2. The first-order chi connectivity index (χ1) is 13.2. The smallest absolute Gasteiger partial charge is 0.338 e. The number of anilines is 1. The van der Waals surface area contributed by atoms with Crippen LogP contribution in [-0.2, 0) is 19.6 Å². The largest absolute Gasteiger partial charge is 0.449 e. The molecule has 1 saturated carbocycles. The molecule has 2 aromatic carbocycles. The zero-order valence-electron chi connectivity index (χ0n) is 15.6. The number of carbonyl (C=O) groups is 2. The Bertz CT molecular complexity index is 965. The second-order valence-corrected chi connectivity index (χ2v) is 8.51. The summed E-state index contributed by atoms with van der Waals surface area (Å²) in [5, 5.41) is 2.76. The summed E-state index contributed by atoms with van der Waals surface area (Å²) in [6.45, 7) is 3.41. The third-order valence-electron chi connectivity index (χ3n) is 4.28. The van der Waals surface area contributed by atoms with E-state index in [1.54, 1.807) is 24.3 Å². The molecule has 1 aliphatic carbocycles. The zero-order chi connectivity index (χ0) is 20.3. The van der Waals surface area contributed by atoms with Crippen molar-refractivity contribution in [2.45, 2.75) is 43.7 Å². The van der Waals surface area contributed by atoms with Crippen LogP contribution in [0.5, 0.6) is 0 Å². The van der Waals surface area contributed by atoms with Gasteiger partial charge in [-0.3, -0.25) is 9.52 Å². The van der Waals surface area contributed by atoms with Gasteiger partial charge in [0.25, 0.3) is 15.9 Å². The van der Waals surface area contributed by atoms with Crippen molar-refractivity contribution in [2.24, 2.45) is 0 Å². The molecule has 148 valence electrons. The van der Waals surface area contributed by atoms with Gasteiger partial charge in [-0.25, -0.2) is 13.2 Å². The highest BCUT2D eigenvalue weighted by Crippen LogP contribution is 2.20. The molecule has 1 amide bonds. The summed E-state index contributed by atoms with van der Waals surface area (Å²) in [6.07, 6.45) is 0.970. The highest BCUT2D eigenvalue weighted by atomic mass is 32.2. The Hall–Kier alpha value is -2.87. The molecule has 2 N–H and O–H groups in total. The minimum absolute atomic E-state index is 0.0177. The summed E-state index contributed by atoms with van der Waals surface area (Å²) >= 11 is 0. The van der Waals surface area contributed by atoms with Gasteiger partial charge in [-0.05, 0) is 63.1 Å². The Kier molecular flexibility index (Phi) is 5.69. The number of amides is 1. The van der Waals surface area contributed by atoms with Crippen molar-refractivity contribution in [3.63, 3.8) is 0 Å². The number of hydrogen-bond donors (Lipinski definition) is 2. The summed E-state index contributed by atoms with van der Waals surface area (Å²) in [5.41, 5.74) is 1.63. The first kappa shape index (κ1) is 19.9. The maximum absolute atomic E-state index is 12.5. The standard InChI is InChI=1S/C20H22N2O5S/c1-13-3-7-17(8-4-13)22-28(25,26)18-11-5-15(6-12-18)20(24)27-14(2)19(23)21-16-9-10-16/h3-8,11-12,14,16,22H,9-10H2,1-2H3,(H,21,23)/t14-/m1/s1. The van der Waals surface area contributed by atoms with Crippen LogP contribution in [0.3, 0.4) is 0 Å². The molecule has 28 heavy (non-hydrogen) atoms. The van der Waals surface area contributed by atoms with Gasteiger partial charge in [0.15, 0.2) is 6.10 Å². The molecule has 0 radical (unpaired) electrons. The monoisotopic (exact) mass is 402 g/mol. The number of benzene rings is 2. The van der Waals surface area contributed by atoms with E-state index in [2.05, 4.69) is 10.0 Å². The number of carbonyl (C=O) groups excluding carboxylic acids is 2. The van der Waals surface area contributed by atoms with E-state index in [-0.39, 0.29) is 22.4 Å². The fraction of sp³-hybridized carbons (Fsp3) is 0.300. The van der Waals surface area contributed by atoms with Crippen molar-refractivity contribution in [3.05, 3.63) is 59.7 Å². The minimum Gasteiger partial charge on any atom is -0.449 e. The Balaban J connectivity index is 1.63. The Morgan fingerprint density at radius 1 is 1.04 bits per heavy atom.